The molecule has 3 aromatic rings. The number of rotatable bonds is 3. The molecule has 1 aromatic carbocycles. The van der Waals surface area contributed by atoms with Gasteiger partial charge >= 0.3 is 5.97 Å². The molecule has 1 aliphatic heterocycles. The van der Waals surface area contributed by atoms with Gasteiger partial charge in [0.1, 0.15) is 24.2 Å². The highest BCUT2D eigenvalue weighted by Gasteiger charge is 2.26. The number of hydrogen-bond acceptors (Lipinski definition) is 6. The van der Waals surface area contributed by atoms with Crippen molar-refractivity contribution in [1.82, 2.24) is 14.8 Å². The van der Waals surface area contributed by atoms with E-state index in [1.54, 1.807) is 23.2 Å². The van der Waals surface area contributed by atoms with Crippen molar-refractivity contribution in [3.63, 3.8) is 0 Å². The number of benzene rings is 1. The van der Waals surface area contributed by atoms with E-state index in [-0.39, 0.29) is 11.6 Å². The van der Waals surface area contributed by atoms with Crippen molar-refractivity contribution in [2.75, 3.05) is 0 Å². The highest BCUT2D eigenvalue weighted by molar-refractivity contribution is 6.13. The molecular formula is C18H14N4O3. The van der Waals surface area contributed by atoms with E-state index in [9.17, 15) is 4.79 Å². The topological polar surface area (TPSA) is 82.5 Å². The SMILES string of the molecule is Cc1cc(C2=NC(=Cc3ccc(-n4cncn4)cc3)C(=O)O2)c(C)o1. The average molecular weight is 334 g/mol. The summed E-state index contributed by atoms with van der Waals surface area (Å²) < 4.78 is 12.4. The van der Waals surface area contributed by atoms with Crippen molar-refractivity contribution < 1.29 is 13.9 Å². The summed E-state index contributed by atoms with van der Waals surface area (Å²) in [7, 11) is 0. The molecule has 0 fully saturated rings. The molecule has 4 rings (SSSR count). The summed E-state index contributed by atoms with van der Waals surface area (Å²) in [5.74, 6) is 1.20. The molecule has 0 saturated heterocycles. The maximum atomic E-state index is 12.1. The summed E-state index contributed by atoms with van der Waals surface area (Å²) in [6, 6.07) is 9.32. The molecule has 0 bridgehead atoms. The predicted molar refractivity (Wildman–Crippen MR) is 90.1 cm³/mol. The number of hydrogen-bond donors (Lipinski definition) is 0. The maximum Gasteiger partial charge on any atom is 0.363 e. The van der Waals surface area contributed by atoms with Crippen LogP contribution in [0.4, 0.5) is 0 Å². The molecule has 7 nitrogen and oxygen atoms in total. The Hall–Kier alpha value is -3.48. The molecule has 0 aliphatic carbocycles. The van der Waals surface area contributed by atoms with Crippen LogP contribution in [0.1, 0.15) is 22.6 Å². The Morgan fingerprint density at radius 3 is 2.60 bits per heavy atom. The molecule has 0 atom stereocenters. The van der Waals surface area contributed by atoms with Gasteiger partial charge in [0.15, 0.2) is 5.70 Å². The van der Waals surface area contributed by atoms with E-state index in [4.69, 9.17) is 9.15 Å². The zero-order valence-electron chi connectivity index (χ0n) is 13.6. The van der Waals surface area contributed by atoms with Crippen LogP contribution in [0.15, 0.2) is 58.1 Å². The van der Waals surface area contributed by atoms with E-state index in [1.807, 2.05) is 38.1 Å². The van der Waals surface area contributed by atoms with Gasteiger partial charge in [-0.25, -0.2) is 19.5 Å². The highest BCUT2D eigenvalue weighted by Crippen LogP contribution is 2.23. The van der Waals surface area contributed by atoms with E-state index >= 15 is 0 Å². The minimum absolute atomic E-state index is 0.252. The molecule has 124 valence electrons. The van der Waals surface area contributed by atoms with Crippen LogP contribution in [0.25, 0.3) is 11.8 Å². The fraction of sp³-hybridized carbons (Fsp3) is 0.111. The molecule has 1 aliphatic rings. The number of carbonyl (C=O) groups excluding carboxylic acids is 1. The summed E-state index contributed by atoms with van der Waals surface area (Å²) >= 11 is 0. The first-order chi connectivity index (χ1) is 12.1. The van der Waals surface area contributed by atoms with Crippen LogP contribution < -0.4 is 0 Å². The zero-order valence-corrected chi connectivity index (χ0v) is 13.6. The second kappa shape index (κ2) is 5.86. The maximum absolute atomic E-state index is 12.1. The van der Waals surface area contributed by atoms with Crippen molar-refractivity contribution in [1.29, 1.82) is 0 Å². The van der Waals surface area contributed by atoms with Gasteiger partial charge in [0.05, 0.1) is 11.3 Å². The lowest BCUT2D eigenvalue weighted by Crippen LogP contribution is -2.05. The monoisotopic (exact) mass is 334 g/mol. The number of furan rings is 1. The molecule has 25 heavy (non-hydrogen) atoms. The Balaban J connectivity index is 1.62. The van der Waals surface area contributed by atoms with Crippen molar-refractivity contribution in [2.45, 2.75) is 13.8 Å². The summed E-state index contributed by atoms with van der Waals surface area (Å²) in [5, 5.41) is 4.07. The van der Waals surface area contributed by atoms with E-state index in [0.717, 1.165) is 17.0 Å². The van der Waals surface area contributed by atoms with Crippen molar-refractivity contribution in [2.24, 2.45) is 4.99 Å². The normalized spacial score (nSPS) is 15.5. The van der Waals surface area contributed by atoms with Crippen LogP contribution >= 0.6 is 0 Å². The smallest absolute Gasteiger partial charge is 0.363 e. The third kappa shape index (κ3) is 2.87. The number of aliphatic imine (C=N–C) groups is 1. The Labute approximate surface area is 143 Å². The van der Waals surface area contributed by atoms with Crippen LogP contribution in [-0.2, 0) is 9.53 Å². The van der Waals surface area contributed by atoms with Gasteiger partial charge in [-0.05, 0) is 43.7 Å². The summed E-state index contributed by atoms with van der Waals surface area (Å²) in [5.41, 5.74) is 2.65. The second-order valence-corrected chi connectivity index (χ2v) is 5.59. The van der Waals surface area contributed by atoms with Gasteiger partial charge in [-0.1, -0.05) is 12.1 Å². The van der Waals surface area contributed by atoms with Gasteiger partial charge in [0.25, 0.3) is 0 Å². The predicted octanol–water partition coefficient (Wildman–Crippen LogP) is 2.82. The quantitative estimate of drug-likeness (QED) is 0.543. The van der Waals surface area contributed by atoms with Crippen LogP contribution in [0.2, 0.25) is 0 Å². The van der Waals surface area contributed by atoms with E-state index in [0.29, 0.717) is 11.3 Å². The van der Waals surface area contributed by atoms with Gasteiger partial charge < -0.3 is 9.15 Å². The molecule has 0 N–H and O–H groups in total. The number of carbonyl (C=O) groups is 1. The second-order valence-electron chi connectivity index (χ2n) is 5.59. The molecule has 0 unspecified atom stereocenters. The fourth-order valence-electron chi connectivity index (χ4n) is 2.59. The average Bonchev–Trinajstić information content (AvgIpc) is 3.30. The Morgan fingerprint density at radius 1 is 1.16 bits per heavy atom. The Kier molecular flexibility index (Phi) is 3.53. The highest BCUT2D eigenvalue weighted by atomic mass is 16.6. The number of aryl methyl sites for hydroxylation is 2. The van der Waals surface area contributed by atoms with Crippen molar-refractivity contribution >= 4 is 17.9 Å². The van der Waals surface area contributed by atoms with Gasteiger partial charge in [-0.2, -0.15) is 5.10 Å². The minimum atomic E-state index is -0.478. The number of esters is 1. The molecular weight excluding hydrogens is 320 g/mol. The summed E-state index contributed by atoms with van der Waals surface area (Å²) in [6.45, 7) is 3.64. The number of cyclic esters (lactones) is 1. The van der Waals surface area contributed by atoms with Crippen LogP contribution in [-0.4, -0.2) is 26.6 Å². The fourth-order valence-corrected chi connectivity index (χ4v) is 2.59. The first kappa shape index (κ1) is 15.1. The Morgan fingerprint density at radius 2 is 1.96 bits per heavy atom. The van der Waals surface area contributed by atoms with Gasteiger partial charge in [-0.3, -0.25) is 0 Å². The third-order valence-electron chi connectivity index (χ3n) is 3.77. The van der Waals surface area contributed by atoms with Gasteiger partial charge in [-0.15, -0.1) is 0 Å². The number of nitrogens with zero attached hydrogens (tertiary/aromatic N) is 4. The van der Waals surface area contributed by atoms with Crippen molar-refractivity contribution in [3.8, 4) is 5.69 Å². The van der Waals surface area contributed by atoms with Crippen LogP contribution in [0.5, 0.6) is 0 Å². The molecule has 0 radical (unpaired) electrons. The van der Waals surface area contributed by atoms with Crippen LogP contribution in [0.3, 0.4) is 0 Å². The lowest BCUT2D eigenvalue weighted by Gasteiger charge is -2.00. The standard InChI is InChI=1S/C18H14N4O3/c1-11-7-15(12(2)24-11)17-21-16(18(23)25-17)8-13-3-5-14(6-4-13)22-10-19-9-20-22/h3-10H,1-2H3. The first-order valence-electron chi connectivity index (χ1n) is 7.65. The van der Waals surface area contributed by atoms with E-state index < -0.39 is 5.97 Å². The molecule has 0 saturated carbocycles. The number of aromatic nitrogens is 3. The Bertz CT molecular complexity index is 996. The molecule has 7 heteroatoms. The largest absolute Gasteiger partial charge is 0.466 e. The lowest BCUT2D eigenvalue weighted by atomic mass is 10.2. The molecule has 0 spiro atoms. The van der Waals surface area contributed by atoms with E-state index in [2.05, 4.69) is 15.1 Å². The zero-order chi connectivity index (χ0) is 17.4. The van der Waals surface area contributed by atoms with E-state index in [1.165, 1.54) is 6.33 Å². The number of ether oxygens (including phenoxy) is 1. The summed E-state index contributed by atoms with van der Waals surface area (Å²) in [4.78, 5) is 20.3. The molecule has 0 amide bonds. The van der Waals surface area contributed by atoms with Crippen LogP contribution in [0, 0.1) is 13.8 Å². The minimum Gasteiger partial charge on any atom is -0.466 e. The first-order valence-corrected chi connectivity index (χ1v) is 7.65. The third-order valence-corrected chi connectivity index (χ3v) is 3.77. The molecule has 2 aromatic heterocycles. The lowest BCUT2D eigenvalue weighted by molar-refractivity contribution is -0.129. The van der Waals surface area contributed by atoms with Crippen molar-refractivity contribution in [3.05, 3.63) is 71.3 Å². The summed E-state index contributed by atoms with van der Waals surface area (Å²) in [6.07, 6.45) is 4.77. The molecule has 3 heterocycles. The van der Waals surface area contributed by atoms with Gasteiger partial charge in [0.2, 0.25) is 5.90 Å². The van der Waals surface area contributed by atoms with Gasteiger partial charge in [0, 0.05) is 0 Å².